The third-order valence-electron chi connectivity index (χ3n) is 5.74. The average Bonchev–Trinajstić information content (AvgIpc) is 2.88. The van der Waals surface area contributed by atoms with Crippen LogP contribution in [0.1, 0.15) is 44.1 Å². The maximum atomic E-state index is 12.8. The van der Waals surface area contributed by atoms with E-state index in [-0.39, 0.29) is 37.2 Å². The second-order valence-electron chi connectivity index (χ2n) is 7.97. The Balaban J connectivity index is 1.55. The number of likely N-dealkylation sites (N-methyl/N-ethyl adjacent to an activating group) is 1. The van der Waals surface area contributed by atoms with Gasteiger partial charge in [0.05, 0.1) is 12.0 Å². The molecule has 1 heterocycles. The summed E-state index contributed by atoms with van der Waals surface area (Å²) in [5.41, 5.74) is 1.14. The number of rotatable bonds is 5. The highest BCUT2D eigenvalue weighted by Gasteiger charge is 2.51. The molecule has 150 valence electrons. The molecule has 1 saturated heterocycles. The number of hydrogen-bond acceptors (Lipinski definition) is 4. The zero-order valence-electron chi connectivity index (χ0n) is 16.5. The summed E-state index contributed by atoms with van der Waals surface area (Å²) in [5.74, 6) is -1.25. The topological polar surface area (TPSA) is 86.8 Å². The maximum Gasteiger partial charge on any atom is 0.243 e. The molecular weight excluding hydrogens is 358 g/mol. The van der Waals surface area contributed by atoms with Crippen molar-refractivity contribution in [3.63, 3.8) is 0 Å². The van der Waals surface area contributed by atoms with E-state index >= 15 is 0 Å². The molecule has 1 aliphatic carbocycles. The number of aryl methyl sites for hydroxylation is 1. The van der Waals surface area contributed by atoms with E-state index in [9.17, 15) is 19.2 Å². The third kappa shape index (κ3) is 4.24. The smallest absolute Gasteiger partial charge is 0.243 e. The Morgan fingerprint density at radius 3 is 2.39 bits per heavy atom. The minimum Gasteiger partial charge on any atom is -0.335 e. The second kappa shape index (κ2) is 8.12. The number of imide groups is 1. The molecule has 0 atom stereocenters. The van der Waals surface area contributed by atoms with Crippen LogP contribution in [-0.2, 0) is 19.2 Å². The summed E-state index contributed by atoms with van der Waals surface area (Å²) < 4.78 is 0. The van der Waals surface area contributed by atoms with Crippen LogP contribution in [0.5, 0.6) is 0 Å². The van der Waals surface area contributed by atoms with Crippen molar-refractivity contribution in [2.75, 3.05) is 25.5 Å². The number of hydrogen-bond donors (Lipinski definition) is 1. The molecule has 1 saturated carbocycles. The highest BCUT2D eigenvalue weighted by Crippen LogP contribution is 2.45. The lowest BCUT2D eigenvalue weighted by molar-refractivity contribution is -0.147. The first-order valence-corrected chi connectivity index (χ1v) is 9.76. The van der Waals surface area contributed by atoms with Gasteiger partial charge in [-0.05, 0) is 31.9 Å². The molecule has 4 amide bonds. The van der Waals surface area contributed by atoms with E-state index in [1.807, 2.05) is 19.1 Å². The Labute approximate surface area is 165 Å². The number of carbonyl (C=O) groups is 4. The molecule has 0 radical (unpaired) electrons. The monoisotopic (exact) mass is 385 g/mol. The van der Waals surface area contributed by atoms with Gasteiger partial charge >= 0.3 is 0 Å². The summed E-state index contributed by atoms with van der Waals surface area (Å²) in [4.78, 5) is 52.2. The van der Waals surface area contributed by atoms with Crippen molar-refractivity contribution in [2.45, 2.75) is 45.4 Å². The summed E-state index contributed by atoms with van der Waals surface area (Å²) in [5, 5.41) is 2.73. The van der Waals surface area contributed by atoms with Crippen LogP contribution in [0.3, 0.4) is 0 Å². The van der Waals surface area contributed by atoms with Crippen LogP contribution < -0.4 is 5.32 Å². The molecule has 1 spiro atoms. The molecule has 1 N–H and O–H groups in total. The van der Waals surface area contributed by atoms with Crippen LogP contribution in [0.4, 0.5) is 5.69 Å². The van der Waals surface area contributed by atoms with Crippen molar-refractivity contribution in [1.82, 2.24) is 9.80 Å². The summed E-state index contributed by atoms with van der Waals surface area (Å²) in [6, 6.07) is 7.35. The zero-order valence-corrected chi connectivity index (χ0v) is 16.5. The normalized spacial score (nSPS) is 18.4. The van der Waals surface area contributed by atoms with Crippen LogP contribution in [-0.4, -0.2) is 53.6 Å². The first-order valence-electron chi connectivity index (χ1n) is 9.76. The van der Waals surface area contributed by atoms with Gasteiger partial charge < -0.3 is 10.2 Å². The van der Waals surface area contributed by atoms with Gasteiger partial charge in [0, 0.05) is 19.2 Å². The minimum atomic E-state index is -0.600. The Kier molecular flexibility index (Phi) is 5.82. The van der Waals surface area contributed by atoms with E-state index in [0.717, 1.165) is 42.6 Å². The average molecular weight is 385 g/mol. The molecule has 28 heavy (non-hydrogen) atoms. The van der Waals surface area contributed by atoms with Crippen molar-refractivity contribution < 1.29 is 19.2 Å². The molecular formula is C21H27N3O4. The van der Waals surface area contributed by atoms with Crippen molar-refractivity contribution in [2.24, 2.45) is 5.41 Å². The Hall–Kier alpha value is -2.70. The van der Waals surface area contributed by atoms with Gasteiger partial charge in [0.1, 0.15) is 6.54 Å². The summed E-state index contributed by atoms with van der Waals surface area (Å²) in [6.45, 7) is 1.51. The van der Waals surface area contributed by atoms with E-state index in [1.54, 1.807) is 12.1 Å². The fourth-order valence-corrected chi connectivity index (χ4v) is 4.04. The van der Waals surface area contributed by atoms with E-state index in [2.05, 4.69) is 5.32 Å². The number of likely N-dealkylation sites (tertiary alicyclic amines) is 1. The predicted molar refractivity (Wildman–Crippen MR) is 104 cm³/mol. The van der Waals surface area contributed by atoms with Gasteiger partial charge in [0.15, 0.2) is 0 Å². The predicted octanol–water partition coefficient (Wildman–Crippen LogP) is 2.10. The molecule has 2 fully saturated rings. The Morgan fingerprint density at radius 2 is 1.75 bits per heavy atom. The van der Waals surface area contributed by atoms with Gasteiger partial charge in [0.2, 0.25) is 23.6 Å². The van der Waals surface area contributed by atoms with Crippen molar-refractivity contribution >= 4 is 29.3 Å². The maximum absolute atomic E-state index is 12.8. The van der Waals surface area contributed by atoms with Gasteiger partial charge in [-0.3, -0.25) is 24.1 Å². The quantitative estimate of drug-likeness (QED) is 0.787. The Morgan fingerprint density at radius 1 is 1.11 bits per heavy atom. The third-order valence-corrected chi connectivity index (χ3v) is 5.74. The summed E-state index contributed by atoms with van der Waals surface area (Å²) in [6.07, 6.45) is 4.62. The van der Waals surface area contributed by atoms with Crippen molar-refractivity contribution in [1.29, 1.82) is 0 Å². The fraction of sp³-hybridized carbons (Fsp3) is 0.524. The standard InChI is InChI=1S/C21H27N3O4/c1-15-6-8-16(9-7-15)22-17(25)13-23(2)19(27)14-24-18(26)12-21(20(24)28)10-4-3-5-11-21/h6-9H,3-5,10-14H2,1-2H3,(H,22,25). The molecule has 1 aromatic carbocycles. The number of anilines is 1. The first kappa shape index (κ1) is 20.0. The first-order chi connectivity index (χ1) is 13.3. The molecule has 7 nitrogen and oxygen atoms in total. The van der Waals surface area contributed by atoms with E-state index in [1.165, 1.54) is 11.9 Å². The van der Waals surface area contributed by atoms with E-state index in [4.69, 9.17) is 0 Å². The molecule has 0 unspecified atom stereocenters. The number of benzene rings is 1. The number of nitrogens with one attached hydrogen (secondary N) is 1. The lowest BCUT2D eigenvalue weighted by Gasteiger charge is -2.30. The summed E-state index contributed by atoms with van der Waals surface area (Å²) in [7, 11) is 1.50. The number of carbonyl (C=O) groups excluding carboxylic acids is 4. The minimum absolute atomic E-state index is 0.145. The van der Waals surface area contributed by atoms with E-state index in [0.29, 0.717) is 5.69 Å². The molecule has 3 rings (SSSR count). The second-order valence-corrected chi connectivity index (χ2v) is 7.97. The molecule has 7 heteroatoms. The Bertz CT molecular complexity index is 781. The SMILES string of the molecule is Cc1ccc(NC(=O)CN(C)C(=O)CN2C(=O)CC3(CCCCC3)C2=O)cc1. The molecule has 2 aliphatic rings. The lowest BCUT2D eigenvalue weighted by Crippen LogP contribution is -2.45. The highest BCUT2D eigenvalue weighted by atomic mass is 16.2. The van der Waals surface area contributed by atoms with Gasteiger partial charge in [0.25, 0.3) is 0 Å². The largest absolute Gasteiger partial charge is 0.335 e. The van der Waals surface area contributed by atoms with Gasteiger partial charge in [-0.25, -0.2) is 0 Å². The van der Waals surface area contributed by atoms with Crippen LogP contribution in [0, 0.1) is 12.3 Å². The van der Waals surface area contributed by atoms with Gasteiger partial charge in [-0.15, -0.1) is 0 Å². The van der Waals surface area contributed by atoms with Crippen LogP contribution >= 0.6 is 0 Å². The number of nitrogens with zero attached hydrogens (tertiary/aromatic N) is 2. The molecule has 0 bridgehead atoms. The van der Waals surface area contributed by atoms with Gasteiger partial charge in [-0.2, -0.15) is 0 Å². The number of amides is 4. The highest BCUT2D eigenvalue weighted by molar-refractivity contribution is 6.08. The zero-order chi connectivity index (χ0) is 20.3. The molecule has 1 aromatic rings. The van der Waals surface area contributed by atoms with Crippen molar-refractivity contribution in [3.05, 3.63) is 29.8 Å². The lowest BCUT2D eigenvalue weighted by atomic mass is 9.73. The summed E-state index contributed by atoms with van der Waals surface area (Å²) >= 11 is 0. The molecule has 1 aliphatic heterocycles. The van der Waals surface area contributed by atoms with Crippen LogP contribution in [0.25, 0.3) is 0 Å². The molecule has 0 aromatic heterocycles. The van der Waals surface area contributed by atoms with Gasteiger partial charge in [-0.1, -0.05) is 37.0 Å². The fourth-order valence-electron chi connectivity index (χ4n) is 4.04. The van der Waals surface area contributed by atoms with E-state index < -0.39 is 11.3 Å². The van der Waals surface area contributed by atoms with Crippen LogP contribution in [0.2, 0.25) is 0 Å². The van der Waals surface area contributed by atoms with Crippen LogP contribution in [0.15, 0.2) is 24.3 Å². The van der Waals surface area contributed by atoms with Crippen molar-refractivity contribution in [3.8, 4) is 0 Å².